The van der Waals surface area contributed by atoms with Crippen LogP contribution in [0.1, 0.15) is 56.6 Å². The number of aryl methyl sites for hydroxylation is 1. The predicted octanol–water partition coefficient (Wildman–Crippen LogP) is 7.33. The number of aromatic nitrogens is 3. The number of rotatable bonds is 11. The van der Waals surface area contributed by atoms with Crippen LogP contribution in [-0.4, -0.2) is 14.8 Å². The van der Waals surface area contributed by atoms with Gasteiger partial charge in [-0.1, -0.05) is 98.8 Å². The third-order valence-electron chi connectivity index (χ3n) is 5.15. The van der Waals surface area contributed by atoms with Crippen molar-refractivity contribution >= 4 is 23.4 Å². The van der Waals surface area contributed by atoms with E-state index >= 15 is 0 Å². The van der Waals surface area contributed by atoms with Crippen molar-refractivity contribution in [3.05, 3.63) is 64.7 Å². The molecule has 29 heavy (non-hydrogen) atoms. The first-order valence-electron chi connectivity index (χ1n) is 10.5. The Kier molecular flexibility index (Phi) is 8.63. The maximum absolute atomic E-state index is 5.96. The zero-order valence-corrected chi connectivity index (χ0v) is 19.0. The van der Waals surface area contributed by atoms with E-state index in [-0.39, 0.29) is 0 Å². The molecular weight excluding hydrogens is 398 g/mol. The molecule has 0 N–H and O–H groups in total. The van der Waals surface area contributed by atoms with Gasteiger partial charge in [-0.05, 0) is 36.1 Å². The number of benzene rings is 2. The summed E-state index contributed by atoms with van der Waals surface area (Å²) in [7, 11) is 2.03. The Bertz CT molecular complexity index is 872. The van der Waals surface area contributed by atoms with Crippen LogP contribution >= 0.6 is 23.4 Å². The van der Waals surface area contributed by atoms with Gasteiger partial charge in [-0.25, -0.2) is 0 Å². The van der Waals surface area contributed by atoms with Crippen LogP contribution in [0.3, 0.4) is 0 Å². The van der Waals surface area contributed by atoms with E-state index in [1.807, 2.05) is 19.2 Å². The fourth-order valence-electron chi connectivity index (χ4n) is 3.35. The Balaban J connectivity index is 1.53. The summed E-state index contributed by atoms with van der Waals surface area (Å²) >= 11 is 7.65. The second-order valence-electron chi connectivity index (χ2n) is 7.50. The van der Waals surface area contributed by atoms with Gasteiger partial charge in [0.2, 0.25) is 0 Å². The molecule has 0 radical (unpaired) electrons. The number of unbranched alkanes of at least 4 members (excludes halogenated alkanes) is 5. The molecule has 0 saturated heterocycles. The van der Waals surface area contributed by atoms with Gasteiger partial charge in [0.05, 0.1) is 0 Å². The van der Waals surface area contributed by atoms with E-state index in [4.69, 9.17) is 11.6 Å². The molecule has 0 saturated carbocycles. The fraction of sp³-hybridized carbons (Fsp3) is 0.417. The molecular formula is C24H30ClN3S. The van der Waals surface area contributed by atoms with Gasteiger partial charge in [0.15, 0.2) is 11.0 Å². The van der Waals surface area contributed by atoms with Crippen LogP contribution in [0.5, 0.6) is 0 Å². The van der Waals surface area contributed by atoms with Gasteiger partial charge in [-0.3, -0.25) is 0 Å². The van der Waals surface area contributed by atoms with Gasteiger partial charge in [-0.2, -0.15) is 0 Å². The number of thioether (sulfide) groups is 1. The summed E-state index contributed by atoms with van der Waals surface area (Å²) in [5.74, 6) is 1.76. The second kappa shape index (κ2) is 11.4. The zero-order valence-electron chi connectivity index (χ0n) is 17.4. The first kappa shape index (κ1) is 21.9. The van der Waals surface area contributed by atoms with Crippen LogP contribution in [0, 0.1) is 0 Å². The molecule has 0 aliphatic heterocycles. The molecule has 154 valence electrons. The predicted molar refractivity (Wildman–Crippen MR) is 125 cm³/mol. The van der Waals surface area contributed by atoms with Crippen molar-refractivity contribution < 1.29 is 0 Å². The summed E-state index contributed by atoms with van der Waals surface area (Å²) in [5, 5.41) is 10.5. The monoisotopic (exact) mass is 427 g/mol. The zero-order chi connectivity index (χ0) is 20.5. The van der Waals surface area contributed by atoms with E-state index in [1.54, 1.807) is 11.8 Å². The number of nitrogens with zero attached hydrogens (tertiary/aromatic N) is 3. The molecule has 0 spiro atoms. The largest absolute Gasteiger partial charge is 0.305 e. The van der Waals surface area contributed by atoms with E-state index in [9.17, 15) is 0 Å². The fourth-order valence-corrected chi connectivity index (χ4v) is 4.34. The van der Waals surface area contributed by atoms with Crippen molar-refractivity contribution in [3.63, 3.8) is 0 Å². The average molecular weight is 428 g/mol. The smallest absolute Gasteiger partial charge is 0.191 e. The topological polar surface area (TPSA) is 30.7 Å². The normalized spacial score (nSPS) is 11.1. The van der Waals surface area contributed by atoms with E-state index < -0.39 is 0 Å². The molecule has 0 atom stereocenters. The highest BCUT2D eigenvalue weighted by Gasteiger charge is 2.11. The Morgan fingerprint density at radius 3 is 2.21 bits per heavy atom. The van der Waals surface area contributed by atoms with Crippen molar-refractivity contribution in [1.29, 1.82) is 0 Å². The molecule has 3 nitrogen and oxygen atoms in total. The Morgan fingerprint density at radius 1 is 0.828 bits per heavy atom. The number of hydrogen-bond acceptors (Lipinski definition) is 3. The standard InChI is InChI=1S/C24H30ClN3S/c1-3-4-5-6-7-8-9-19-10-14-21(15-11-19)23-26-27-24(28(23)2)29-18-20-12-16-22(25)17-13-20/h10-17H,3-9,18H2,1-2H3. The summed E-state index contributed by atoms with van der Waals surface area (Å²) < 4.78 is 2.07. The van der Waals surface area contributed by atoms with E-state index in [0.29, 0.717) is 0 Å². The van der Waals surface area contributed by atoms with Gasteiger partial charge in [0.1, 0.15) is 0 Å². The van der Waals surface area contributed by atoms with Gasteiger partial charge in [0.25, 0.3) is 0 Å². The Labute approximate surface area is 183 Å². The lowest BCUT2D eigenvalue weighted by Crippen LogP contribution is -1.95. The van der Waals surface area contributed by atoms with Crippen LogP contribution in [0.2, 0.25) is 5.02 Å². The lowest BCUT2D eigenvalue weighted by molar-refractivity contribution is 0.607. The molecule has 1 aromatic heterocycles. The number of hydrogen-bond donors (Lipinski definition) is 0. The van der Waals surface area contributed by atoms with Crippen LogP contribution in [0.25, 0.3) is 11.4 Å². The SMILES string of the molecule is CCCCCCCCc1ccc(-c2nnc(SCc3ccc(Cl)cc3)n2C)cc1. The van der Waals surface area contributed by atoms with E-state index in [1.165, 1.54) is 49.7 Å². The van der Waals surface area contributed by atoms with Gasteiger partial charge in [0, 0.05) is 23.4 Å². The molecule has 5 heteroatoms. The summed E-state index contributed by atoms with van der Waals surface area (Å²) in [6, 6.07) is 16.8. The first-order valence-corrected chi connectivity index (χ1v) is 11.9. The minimum absolute atomic E-state index is 0.764. The van der Waals surface area contributed by atoms with Crippen LogP contribution in [-0.2, 0) is 19.2 Å². The lowest BCUT2D eigenvalue weighted by atomic mass is 10.0. The lowest BCUT2D eigenvalue weighted by Gasteiger charge is -2.06. The van der Waals surface area contributed by atoms with Crippen molar-refractivity contribution in [2.45, 2.75) is 62.8 Å². The van der Waals surface area contributed by atoms with Gasteiger partial charge >= 0.3 is 0 Å². The minimum Gasteiger partial charge on any atom is -0.305 e. The Morgan fingerprint density at radius 2 is 1.48 bits per heavy atom. The highest BCUT2D eigenvalue weighted by molar-refractivity contribution is 7.98. The summed E-state index contributed by atoms with van der Waals surface area (Å²) in [4.78, 5) is 0. The summed E-state index contributed by atoms with van der Waals surface area (Å²) in [6.07, 6.45) is 9.18. The minimum atomic E-state index is 0.764. The van der Waals surface area contributed by atoms with E-state index in [0.717, 1.165) is 33.7 Å². The molecule has 0 unspecified atom stereocenters. The van der Waals surface area contributed by atoms with Gasteiger partial charge < -0.3 is 4.57 Å². The van der Waals surface area contributed by atoms with Crippen molar-refractivity contribution in [1.82, 2.24) is 14.8 Å². The summed E-state index contributed by atoms with van der Waals surface area (Å²) in [6.45, 7) is 2.26. The first-order chi connectivity index (χ1) is 14.2. The molecule has 1 heterocycles. The maximum atomic E-state index is 5.96. The average Bonchev–Trinajstić information content (AvgIpc) is 3.11. The summed E-state index contributed by atoms with van der Waals surface area (Å²) in [5.41, 5.74) is 3.75. The number of halogens is 1. The van der Waals surface area contributed by atoms with Crippen LogP contribution in [0.4, 0.5) is 0 Å². The van der Waals surface area contributed by atoms with Crippen LogP contribution < -0.4 is 0 Å². The molecule has 3 rings (SSSR count). The maximum Gasteiger partial charge on any atom is 0.191 e. The van der Waals surface area contributed by atoms with Crippen molar-refractivity contribution in [2.75, 3.05) is 0 Å². The second-order valence-corrected chi connectivity index (χ2v) is 8.87. The highest BCUT2D eigenvalue weighted by atomic mass is 35.5. The third kappa shape index (κ3) is 6.61. The highest BCUT2D eigenvalue weighted by Crippen LogP contribution is 2.26. The molecule has 0 bridgehead atoms. The molecule has 0 amide bonds. The molecule has 0 aliphatic carbocycles. The van der Waals surface area contributed by atoms with Crippen molar-refractivity contribution in [2.24, 2.45) is 7.05 Å². The molecule has 2 aromatic carbocycles. The molecule has 0 aliphatic rings. The van der Waals surface area contributed by atoms with E-state index in [2.05, 4.69) is 58.1 Å². The quantitative estimate of drug-likeness (QED) is 0.237. The van der Waals surface area contributed by atoms with Crippen LogP contribution in [0.15, 0.2) is 53.7 Å². The third-order valence-corrected chi connectivity index (χ3v) is 6.49. The molecule has 0 fully saturated rings. The Hall–Kier alpha value is -1.78. The van der Waals surface area contributed by atoms with Gasteiger partial charge in [-0.15, -0.1) is 10.2 Å². The molecule has 3 aromatic rings. The van der Waals surface area contributed by atoms with Crippen molar-refractivity contribution in [3.8, 4) is 11.4 Å².